The highest BCUT2D eigenvalue weighted by molar-refractivity contribution is 7.91. The number of rotatable bonds is 2. The first-order valence-electron chi connectivity index (χ1n) is 5.58. The predicted octanol–water partition coefficient (Wildman–Crippen LogP) is 2.25. The number of aromatic nitrogens is 2. The fraction of sp³-hybridized carbons (Fsp3) is 0.167. The van der Waals surface area contributed by atoms with Crippen LogP contribution in [-0.2, 0) is 16.3 Å². The molecule has 0 spiro atoms. The molecule has 98 valence electrons. The molecule has 0 radical (unpaired) electrons. The molecule has 3 rings (SSSR count). The molecule has 0 atom stereocenters. The van der Waals surface area contributed by atoms with Crippen molar-refractivity contribution in [2.24, 2.45) is 0 Å². The molecule has 1 aliphatic rings. The van der Waals surface area contributed by atoms with Gasteiger partial charge in [0.15, 0.2) is 14.7 Å². The number of nitrogens with zero attached hydrogens (tertiary/aromatic N) is 2. The van der Waals surface area contributed by atoms with Crippen molar-refractivity contribution in [3.63, 3.8) is 0 Å². The fourth-order valence-electron chi connectivity index (χ4n) is 1.93. The van der Waals surface area contributed by atoms with E-state index in [4.69, 9.17) is 16.3 Å². The average molecular weight is 297 g/mol. The molecule has 0 saturated heterocycles. The topological polar surface area (TPSA) is 69.2 Å². The van der Waals surface area contributed by atoms with Gasteiger partial charge in [0.25, 0.3) is 0 Å². The second-order valence-corrected chi connectivity index (χ2v) is 6.44. The molecular weight excluding hydrogens is 288 g/mol. The van der Waals surface area contributed by atoms with Crippen LogP contribution in [0.2, 0.25) is 5.28 Å². The van der Waals surface area contributed by atoms with E-state index in [9.17, 15) is 8.42 Å². The van der Waals surface area contributed by atoms with Crippen LogP contribution < -0.4 is 4.74 Å². The molecule has 0 fully saturated rings. The molecule has 0 saturated carbocycles. The molecule has 1 aromatic carbocycles. The van der Waals surface area contributed by atoms with Crippen LogP contribution in [0.1, 0.15) is 5.69 Å². The smallest absolute Gasteiger partial charge is 0.242 e. The number of halogens is 1. The first-order chi connectivity index (χ1) is 9.06. The van der Waals surface area contributed by atoms with E-state index in [0.29, 0.717) is 17.9 Å². The van der Waals surface area contributed by atoms with Crippen molar-refractivity contribution in [2.75, 3.05) is 5.75 Å². The summed E-state index contributed by atoms with van der Waals surface area (Å²) in [6.07, 6.45) is 0.338. The third-order valence-corrected chi connectivity index (χ3v) is 4.70. The van der Waals surface area contributed by atoms with E-state index >= 15 is 0 Å². The molecule has 7 heteroatoms. The quantitative estimate of drug-likeness (QED) is 0.795. The zero-order chi connectivity index (χ0) is 13.5. The minimum absolute atomic E-state index is 0.00120. The van der Waals surface area contributed by atoms with Crippen LogP contribution in [0.3, 0.4) is 0 Å². The average Bonchev–Trinajstić information content (AvgIpc) is 2.66. The van der Waals surface area contributed by atoms with Gasteiger partial charge in [-0.15, -0.1) is 0 Å². The second kappa shape index (κ2) is 4.47. The number of benzene rings is 1. The van der Waals surface area contributed by atoms with Gasteiger partial charge in [0.05, 0.1) is 11.4 Å². The van der Waals surface area contributed by atoms with E-state index in [2.05, 4.69) is 9.97 Å². The zero-order valence-electron chi connectivity index (χ0n) is 9.71. The first-order valence-corrected chi connectivity index (χ1v) is 7.61. The summed E-state index contributed by atoms with van der Waals surface area (Å²) in [6.45, 7) is 0. The molecule has 5 nitrogen and oxygen atoms in total. The summed E-state index contributed by atoms with van der Waals surface area (Å²) in [5.41, 5.74) is 0.422. The van der Waals surface area contributed by atoms with E-state index in [0.717, 1.165) is 0 Å². The number of sulfone groups is 1. The van der Waals surface area contributed by atoms with Gasteiger partial charge in [0.2, 0.25) is 11.2 Å². The number of para-hydroxylation sites is 1. The number of aryl methyl sites for hydroxylation is 1. The van der Waals surface area contributed by atoms with Crippen LogP contribution in [0.4, 0.5) is 0 Å². The Morgan fingerprint density at radius 1 is 1.16 bits per heavy atom. The van der Waals surface area contributed by atoms with E-state index < -0.39 is 9.84 Å². The Balaban J connectivity index is 2.12. The maximum Gasteiger partial charge on any atom is 0.242 e. The van der Waals surface area contributed by atoms with Gasteiger partial charge in [0, 0.05) is 6.42 Å². The van der Waals surface area contributed by atoms with Crippen molar-refractivity contribution < 1.29 is 13.2 Å². The molecule has 2 heterocycles. The van der Waals surface area contributed by atoms with Gasteiger partial charge >= 0.3 is 0 Å². The molecule has 0 bridgehead atoms. The SMILES string of the molecule is O=S1(=O)CCc2nc(Cl)nc(Oc3ccccc3)c21. The summed E-state index contributed by atoms with van der Waals surface area (Å²) in [5.74, 6) is 0.517. The molecule has 1 aliphatic heterocycles. The lowest BCUT2D eigenvalue weighted by molar-refractivity contribution is 0.444. The molecule has 1 aromatic heterocycles. The lowest BCUT2D eigenvalue weighted by Gasteiger charge is -2.08. The summed E-state index contributed by atoms with van der Waals surface area (Å²) in [6, 6.07) is 8.83. The first kappa shape index (κ1) is 12.4. The van der Waals surface area contributed by atoms with Gasteiger partial charge in [0.1, 0.15) is 5.75 Å². The third kappa shape index (κ3) is 2.29. The normalized spacial score (nSPS) is 16.1. The van der Waals surface area contributed by atoms with Gasteiger partial charge in [-0.05, 0) is 23.7 Å². The van der Waals surface area contributed by atoms with Crippen LogP contribution in [0.5, 0.6) is 11.6 Å². The van der Waals surface area contributed by atoms with Crippen molar-refractivity contribution >= 4 is 21.4 Å². The highest BCUT2D eigenvalue weighted by Crippen LogP contribution is 2.35. The van der Waals surface area contributed by atoms with Crippen molar-refractivity contribution in [3.05, 3.63) is 41.3 Å². The van der Waals surface area contributed by atoms with Crippen molar-refractivity contribution in [1.29, 1.82) is 0 Å². The van der Waals surface area contributed by atoms with Crippen LogP contribution in [0, 0.1) is 0 Å². The summed E-state index contributed by atoms with van der Waals surface area (Å²) >= 11 is 5.79. The van der Waals surface area contributed by atoms with E-state index in [1.165, 1.54) is 0 Å². The molecule has 2 aromatic rings. The third-order valence-electron chi connectivity index (χ3n) is 2.75. The highest BCUT2D eigenvalue weighted by atomic mass is 35.5. The van der Waals surface area contributed by atoms with Gasteiger partial charge < -0.3 is 4.74 Å². The molecule has 0 unspecified atom stereocenters. The zero-order valence-corrected chi connectivity index (χ0v) is 11.3. The van der Waals surface area contributed by atoms with E-state index in [-0.39, 0.29) is 21.8 Å². The summed E-state index contributed by atoms with van der Waals surface area (Å²) in [5, 5.41) is -0.0122. The number of hydrogen-bond acceptors (Lipinski definition) is 5. The Hall–Kier alpha value is -1.66. The fourth-order valence-corrected chi connectivity index (χ4v) is 3.63. The van der Waals surface area contributed by atoms with Crippen LogP contribution >= 0.6 is 11.6 Å². The largest absolute Gasteiger partial charge is 0.438 e. The summed E-state index contributed by atoms with van der Waals surface area (Å²) in [7, 11) is -3.38. The summed E-state index contributed by atoms with van der Waals surface area (Å²) < 4.78 is 29.5. The maximum absolute atomic E-state index is 12.0. The molecule has 0 N–H and O–H groups in total. The molecule has 19 heavy (non-hydrogen) atoms. The minimum Gasteiger partial charge on any atom is -0.438 e. The number of hydrogen-bond donors (Lipinski definition) is 0. The number of ether oxygens (including phenoxy) is 1. The van der Waals surface area contributed by atoms with Crippen molar-refractivity contribution in [1.82, 2.24) is 9.97 Å². The van der Waals surface area contributed by atoms with Gasteiger partial charge in [-0.3, -0.25) is 0 Å². The lowest BCUT2D eigenvalue weighted by Crippen LogP contribution is -2.03. The Labute approximate surface area is 115 Å². The Kier molecular flexibility index (Phi) is 2.91. The molecule has 0 aliphatic carbocycles. The Bertz CT molecular complexity index is 732. The Morgan fingerprint density at radius 2 is 1.89 bits per heavy atom. The van der Waals surface area contributed by atoms with Crippen LogP contribution in [-0.4, -0.2) is 24.1 Å². The predicted molar refractivity (Wildman–Crippen MR) is 69.3 cm³/mol. The van der Waals surface area contributed by atoms with Crippen molar-refractivity contribution in [2.45, 2.75) is 11.3 Å². The second-order valence-electron chi connectivity index (χ2n) is 4.06. The standard InChI is InChI=1S/C12H9ClN2O3S/c13-12-14-9-6-7-19(16,17)10(9)11(15-12)18-8-4-2-1-3-5-8/h1-5H,6-7H2. The van der Waals surface area contributed by atoms with Gasteiger partial charge in [-0.2, -0.15) is 4.98 Å². The van der Waals surface area contributed by atoms with E-state index in [1.807, 2.05) is 6.07 Å². The van der Waals surface area contributed by atoms with Gasteiger partial charge in [-0.25, -0.2) is 13.4 Å². The lowest BCUT2D eigenvalue weighted by atomic mass is 10.3. The molecule has 0 amide bonds. The van der Waals surface area contributed by atoms with Crippen LogP contribution in [0.15, 0.2) is 35.2 Å². The molecular formula is C12H9ClN2O3S. The Morgan fingerprint density at radius 3 is 2.63 bits per heavy atom. The monoisotopic (exact) mass is 296 g/mol. The van der Waals surface area contributed by atoms with Gasteiger partial charge in [-0.1, -0.05) is 18.2 Å². The van der Waals surface area contributed by atoms with Crippen molar-refractivity contribution in [3.8, 4) is 11.6 Å². The minimum atomic E-state index is -3.38. The van der Waals surface area contributed by atoms with E-state index in [1.54, 1.807) is 24.3 Å². The number of fused-ring (bicyclic) bond motifs is 1. The maximum atomic E-state index is 12.0. The highest BCUT2D eigenvalue weighted by Gasteiger charge is 2.33. The summed E-state index contributed by atoms with van der Waals surface area (Å²) in [4.78, 5) is 7.89. The van der Waals surface area contributed by atoms with Crippen LogP contribution in [0.25, 0.3) is 0 Å².